The van der Waals surface area contributed by atoms with Crippen molar-refractivity contribution in [3.8, 4) is 5.69 Å². The molecule has 7 nitrogen and oxygen atoms in total. The van der Waals surface area contributed by atoms with Crippen molar-refractivity contribution in [1.82, 2.24) is 15.1 Å². The van der Waals surface area contributed by atoms with Crippen molar-refractivity contribution in [2.45, 2.75) is 38.4 Å². The van der Waals surface area contributed by atoms with Gasteiger partial charge in [-0.15, -0.1) is 11.8 Å². The highest BCUT2D eigenvalue weighted by Gasteiger charge is 2.40. The largest absolute Gasteiger partial charge is 0.383 e. The molecule has 0 fully saturated rings. The minimum absolute atomic E-state index is 0.145. The second-order valence-electron chi connectivity index (χ2n) is 10.1. The fourth-order valence-electron chi connectivity index (χ4n) is 4.43. The van der Waals surface area contributed by atoms with E-state index in [9.17, 15) is 14.0 Å². The number of methoxy groups -OCH3 is 1. The number of nitrogens with zero attached hydrogens (tertiary/aromatic N) is 3. The zero-order valence-electron chi connectivity index (χ0n) is 21.9. The first-order valence-electron chi connectivity index (χ1n) is 12.2. The van der Waals surface area contributed by atoms with Crippen molar-refractivity contribution >= 4 is 29.4 Å². The van der Waals surface area contributed by atoms with Gasteiger partial charge in [0.2, 0.25) is 11.8 Å². The maximum atomic E-state index is 13.8. The van der Waals surface area contributed by atoms with Crippen molar-refractivity contribution in [3.05, 3.63) is 76.7 Å². The number of nitrogens with one attached hydrogen (secondary N) is 1. The van der Waals surface area contributed by atoms with Crippen LogP contribution in [0.25, 0.3) is 5.69 Å². The molecule has 1 aromatic heterocycles. The number of rotatable bonds is 7. The van der Waals surface area contributed by atoms with E-state index < -0.39 is 0 Å². The molecule has 0 aliphatic carbocycles. The van der Waals surface area contributed by atoms with E-state index in [0.29, 0.717) is 19.0 Å². The number of anilines is 1. The number of amides is 2. The van der Waals surface area contributed by atoms with Crippen molar-refractivity contribution < 1.29 is 18.7 Å². The van der Waals surface area contributed by atoms with Crippen LogP contribution in [-0.4, -0.2) is 54.2 Å². The minimum atomic E-state index is -0.364. The molecule has 1 aliphatic rings. The van der Waals surface area contributed by atoms with Gasteiger partial charge in [-0.2, -0.15) is 5.10 Å². The molecular formula is C28H33FN4O3S. The van der Waals surface area contributed by atoms with Crippen LogP contribution in [0, 0.1) is 12.7 Å². The fraction of sp³-hybridized carbons (Fsp3) is 0.393. The Kier molecular flexibility index (Phi) is 8.04. The van der Waals surface area contributed by atoms with E-state index in [-0.39, 0.29) is 40.6 Å². The second-order valence-corrected chi connectivity index (χ2v) is 11.2. The van der Waals surface area contributed by atoms with E-state index >= 15 is 0 Å². The molecule has 4 rings (SSSR count). The van der Waals surface area contributed by atoms with E-state index in [0.717, 1.165) is 28.1 Å². The third-order valence-electron chi connectivity index (χ3n) is 6.25. The molecule has 37 heavy (non-hydrogen) atoms. The minimum Gasteiger partial charge on any atom is -0.383 e. The molecule has 0 bridgehead atoms. The van der Waals surface area contributed by atoms with Gasteiger partial charge in [0, 0.05) is 24.6 Å². The number of aryl methyl sites for hydroxylation is 1. The number of aromatic nitrogens is 2. The standard InChI is InChI=1S/C28H33FN4O3S/c1-18-8-6-7-9-21(18)33-27-24(26(31-33)28(2,3)4)25(19-10-12-20(29)13-11-19)37-17-23(35)32(27)16-22(34)30-14-15-36-5/h6-13,25H,14-17H2,1-5H3,(H,30,34)/t25-/m1/s1. The summed E-state index contributed by atoms with van der Waals surface area (Å²) in [4.78, 5) is 28.1. The van der Waals surface area contributed by atoms with E-state index in [4.69, 9.17) is 9.84 Å². The number of hydrogen-bond acceptors (Lipinski definition) is 5. The molecule has 2 heterocycles. The van der Waals surface area contributed by atoms with E-state index in [1.165, 1.54) is 23.9 Å². The predicted molar refractivity (Wildman–Crippen MR) is 145 cm³/mol. The summed E-state index contributed by atoms with van der Waals surface area (Å²) in [5, 5.41) is 7.63. The second kappa shape index (κ2) is 11.1. The van der Waals surface area contributed by atoms with Crippen molar-refractivity contribution in [3.63, 3.8) is 0 Å². The summed E-state index contributed by atoms with van der Waals surface area (Å²) in [6, 6.07) is 14.2. The van der Waals surface area contributed by atoms with Crippen LogP contribution in [0.1, 0.15) is 48.4 Å². The Labute approximate surface area is 221 Å². The predicted octanol–water partition coefficient (Wildman–Crippen LogP) is 4.55. The van der Waals surface area contributed by atoms with Crippen molar-refractivity contribution in [2.24, 2.45) is 0 Å². The van der Waals surface area contributed by atoms with Crippen LogP contribution >= 0.6 is 11.8 Å². The molecule has 2 aromatic carbocycles. The van der Waals surface area contributed by atoms with Crippen molar-refractivity contribution in [1.29, 1.82) is 0 Å². The van der Waals surface area contributed by atoms with Crippen LogP contribution in [0.15, 0.2) is 48.5 Å². The number of halogens is 1. The van der Waals surface area contributed by atoms with Gasteiger partial charge in [-0.3, -0.25) is 14.5 Å². The first kappa shape index (κ1) is 26.9. The van der Waals surface area contributed by atoms with Gasteiger partial charge < -0.3 is 10.1 Å². The average molecular weight is 525 g/mol. The van der Waals surface area contributed by atoms with Gasteiger partial charge in [0.25, 0.3) is 0 Å². The van der Waals surface area contributed by atoms with Crippen LogP contribution in [-0.2, 0) is 19.7 Å². The molecule has 0 saturated heterocycles. The zero-order valence-corrected chi connectivity index (χ0v) is 22.7. The lowest BCUT2D eigenvalue weighted by molar-refractivity contribution is -0.123. The highest BCUT2D eigenvalue weighted by atomic mass is 32.2. The van der Waals surface area contributed by atoms with Gasteiger partial charge in [0.05, 0.1) is 29.0 Å². The number of hydrogen-bond donors (Lipinski definition) is 1. The summed E-state index contributed by atoms with van der Waals surface area (Å²) in [6.45, 7) is 8.82. The van der Waals surface area contributed by atoms with Gasteiger partial charge in [-0.1, -0.05) is 51.1 Å². The quantitative estimate of drug-likeness (QED) is 0.459. The first-order valence-corrected chi connectivity index (χ1v) is 13.3. The van der Waals surface area contributed by atoms with Crippen molar-refractivity contribution in [2.75, 3.05) is 37.5 Å². The molecule has 2 amide bonds. The van der Waals surface area contributed by atoms with Gasteiger partial charge in [0.15, 0.2) is 0 Å². The molecule has 0 spiro atoms. The Morgan fingerprint density at radius 1 is 1.19 bits per heavy atom. The van der Waals surface area contributed by atoms with Crippen LogP contribution in [0.5, 0.6) is 0 Å². The molecule has 0 radical (unpaired) electrons. The summed E-state index contributed by atoms with van der Waals surface area (Å²) in [5.41, 5.74) is 4.02. The van der Waals surface area contributed by atoms with Gasteiger partial charge in [0.1, 0.15) is 18.2 Å². The van der Waals surface area contributed by atoms with E-state index in [1.54, 1.807) is 28.8 Å². The first-order chi connectivity index (χ1) is 17.6. The molecule has 0 saturated carbocycles. The summed E-state index contributed by atoms with van der Waals surface area (Å²) >= 11 is 1.47. The Morgan fingerprint density at radius 3 is 2.54 bits per heavy atom. The zero-order chi connectivity index (χ0) is 26.7. The smallest absolute Gasteiger partial charge is 0.240 e. The Balaban J connectivity index is 1.96. The van der Waals surface area contributed by atoms with Gasteiger partial charge in [-0.05, 0) is 36.2 Å². The van der Waals surface area contributed by atoms with Gasteiger partial charge >= 0.3 is 0 Å². The van der Waals surface area contributed by atoms with Crippen LogP contribution in [0.2, 0.25) is 0 Å². The number of carbonyl (C=O) groups excluding carboxylic acids is 2. The Bertz CT molecular complexity index is 1280. The van der Waals surface area contributed by atoms with Crippen LogP contribution in [0.3, 0.4) is 0 Å². The lowest BCUT2D eigenvalue weighted by Crippen LogP contribution is -2.43. The van der Waals surface area contributed by atoms with Gasteiger partial charge in [-0.25, -0.2) is 9.07 Å². The highest BCUT2D eigenvalue weighted by Crippen LogP contribution is 2.48. The molecule has 1 atom stereocenters. The highest BCUT2D eigenvalue weighted by molar-refractivity contribution is 8.00. The lowest BCUT2D eigenvalue weighted by Gasteiger charge is -2.24. The molecule has 1 aliphatic heterocycles. The number of para-hydroxylation sites is 1. The SMILES string of the molecule is COCCNC(=O)CN1C(=O)CS[C@H](c2ccc(F)cc2)c2c(C(C)(C)C)nn(-c3ccccc3C)c21. The lowest BCUT2D eigenvalue weighted by atomic mass is 9.87. The number of thioether (sulfide) groups is 1. The maximum Gasteiger partial charge on any atom is 0.240 e. The van der Waals surface area contributed by atoms with Crippen LogP contribution in [0.4, 0.5) is 10.2 Å². The molecule has 1 N–H and O–H groups in total. The normalized spacial score (nSPS) is 15.9. The molecular weight excluding hydrogens is 491 g/mol. The number of benzene rings is 2. The Morgan fingerprint density at radius 2 is 1.89 bits per heavy atom. The summed E-state index contributed by atoms with van der Waals surface area (Å²) < 4.78 is 20.7. The maximum absolute atomic E-state index is 13.8. The Hall–Kier alpha value is -3.17. The van der Waals surface area contributed by atoms with E-state index in [1.807, 2.05) is 31.2 Å². The van der Waals surface area contributed by atoms with E-state index in [2.05, 4.69) is 26.1 Å². The number of carbonyl (C=O) groups is 2. The fourth-order valence-corrected chi connectivity index (χ4v) is 5.63. The average Bonchev–Trinajstić information content (AvgIpc) is 3.18. The topological polar surface area (TPSA) is 76.5 Å². The molecule has 196 valence electrons. The monoisotopic (exact) mass is 524 g/mol. The summed E-state index contributed by atoms with van der Waals surface area (Å²) in [7, 11) is 1.57. The molecule has 0 unspecified atom stereocenters. The summed E-state index contributed by atoms with van der Waals surface area (Å²) in [5.74, 6) is -0.0473. The molecule has 9 heteroatoms. The number of ether oxygens (including phenoxy) is 1. The third kappa shape index (κ3) is 5.72. The number of fused-ring (bicyclic) bond motifs is 1. The molecule has 3 aromatic rings. The third-order valence-corrected chi connectivity index (χ3v) is 7.50. The van der Waals surface area contributed by atoms with Crippen LogP contribution < -0.4 is 10.2 Å². The summed E-state index contributed by atoms with van der Waals surface area (Å²) in [6.07, 6.45) is 0.